The quantitative estimate of drug-likeness (QED) is 0.865. The third kappa shape index (κ3) is 2.71. The number of nitrogens with zero attached hydrogens (tertiary/aromatic N) is 1. The molecule has 2 aromatic carbocycles. The molecule has 0 amide bonds. The lowest BCUT2D eigenvalue weighted by Gasteiger charge is -2.14. The van der Waals surface area contributed by atoms with Gasteiger partial charge >= 0.3 is 0 Å². The van der Waals surface area contributed by atoms with Gasteiger partial charge in [0.05, 0.1) is 19.1 Å². The van der Waals surface area contributed by atoms with Gasteiger partial charge in [-0.15, -0.1) is 0 Å². The van der Waals surface area contributed by atoms with Crippen LogP contribution in [0.25, 0.3) is 0 Å². The van der Waals surface area contributed by atoms with Crippen LogP contribution in [0.3, 0.4) is 0 Å². The van der Waals surface area contributed by atoms with E-state index in [2.05, 4.69) is 12.1 Å². The molecule has 1 aliphatic rings. The van der Waals surface area contributed by atoms with Gasteiger partial charge in [0.25, 0.3) is 0 Å². The van der Waals surface area contributed by atoms with Crippen molar-refractivity contribution < 1.29 is 14.2 Å². The standard InChI is InChI=1S/C18H17NO3/c1-12-3-5-16(20-2)14(7-12)8-15(10-19)13-4-6-17-18(9-13)22-11-21-17/h3-7,9,15H,8,11H2,1-2H3. The average Bonchev–Trinajstić information content (AvgIpc) is 3.00. The van der Waals surface area contributed by atoms with Gasteiger partial charge < -0.3 is 14.2 Å². The summed E-state index contributed by atoms with van der Waals surface area (Å²) in [5.74, 6) is 1.99. The molecule has 2 aromatic rings. The van der Waals surface area contributed by atoms with Gasteiger partial charge in [-0.05, 0) is 42.7 Å². The molecule has 112 valence electrons. The molecule has 0 spiro atoms. The van der Waals surface area contributed by atoms with Crippen LogP contribution < -0.4 is 14.2 Å². The Morgan fingerprint density at radius 1 is 1.18 bits per heavy atom. The van der Waals surface area contributed by atoms with E-state index in [0.29, 0.717) is 12.2 Å². The lowest BCUT2D eigenvalue weighted by Crippen LogP contribution is -2.03. The second-order valence-electron chi connectivity index (χ2n) is 5.31. The number of aryl methyl sites for hydroxylation is 1. The van der Waals surface area contributed by atoms with Crippen molar-refractivity contribution in [1.82, 2.24) is 0 Å². The van der Waals surface area contributed by atoms with Crippen molar-refractivity contribution in [2.24, 2.45) is 0 Å². The summed E-state index contributed by atoms with van der Waals surface area (Å²) < 4.78 is 16.1. The van der Waals surface area contributed by atoms with E-state index in [4.69, 9.17) is 14.2 Å². The number of nitriles is 1. The van der Waals surface area contributed by atoms with E-state index in [1.807, 2.05) is 37.3 Å². The summed E-state index contributed by atoms with van der Waals surface area (Å²) in [6.07, 6.45) is 0.598. The fourth-order valence-electron chi connectivity index (χ4n) is 2.65. The van der Waals surface area contributed by atoms with Gasteiger partial charge in [0.15, 0.2) is 11.5 Å². The largest absolute Gasteiger partial charge is 0.496 e. The molecule has 0 saturated heterocycles. The summed E-state index contributed by atoms with van der Waals surface area (Å²) in [6.45, 7) is 2.27. The van der Waals surface area contributed by atoms with Crippen LogP contribution in [0.5, 0.6) is 17.2 Å². The predicted octanol–water partition coefficient (Wildman–Crippen LogP) is 3.58. The molecule has 1 heterocycles. The van der Waals surface area contributed by atoms with Gasteiger partial charge in [-0.25, -0.2) is 0 Å². The molecule has 0 N–H and O–H groups in total. The summed E-state index contributed by atoms with van der Waals surface area (Å²) in [5, 5.41) is 9.56. The van der Waals surface area contributed by atoms with Crippen LogP contribution in [0.4, 0.5) is 0 Å². The van der Waals surface area contributed by atoms with Crippen LogP contribution in [0, 0.1) is 18.3 Å². The van der Waals surface area contributed by atoms with E-state index in [-0.39, 0.29) is 12.7 Å². The number of hydrogen-bond acceptors (Lipinski definition) is 4. The SMILES string of the molecule is COc1ccc(C)cc1CC(C#N)c1ccc2c(c1)OCO2. The van der Waals surface area contributed by atoms with Gasteiger partial charge in [0.2, 0.25) is 6.79 Å². The van der Waals surface area contributed by atoms with Crippen molar-refractivity contribution >= 4 is 0 Å². The Kier molecular flexibility index (Phi) is 3.88. The number of fused-ring (bicyclic) bond motifs is 1. The van der Waals surface area contributed by atoms with Gasteiger partial charge in [-0.2, -0.15) is 5.26 Å². The maximum Gasteiger partial charge on any atom is 0.231 e. The fourth-order valence-corrected chi connectivity index (χ4v) is 2.65. The zero-order valence-corrected chi connectivity index (χ0v) is 12.6. The average molecular weight is 295 g/mol. The molecule has 0 aliphatic carbocycles. The minimum absolute atomic E-state index is 0.238. The lowest BCUT2D eigenvalue weighted by atomic mass is 9.92. The first-order valence-electron chi connectivity index (χ1n) is 7.14. The number of methoxy groups -OCH3 is 1. The van der Waals surface area contributed by atoms with Gasteiger partial charge in [0, 0.05) is 0 Å². The molecular formula is C18H17NO3. The van der Waals surface area contributed by atoms with Crippen molar-refractivity contribution in [3.63, 3.8) is 0 Å². The molecule has 22 heavy (non-hydrogen) atoms. The third-order valence-corrected chi connectivity index (χ3v) is 3.81. The predicted molar refractivity (Wildman–Crippen MR) is 82.4 cm³/mol. The lowest BCUT2D eigenvalue weighted by molar-refractivity contribution is 0.174. The topological polar surface area (TPSA) is 51.5 Å². The Morgan fingerprint density at radius 3 is 2.77 bits per heavy atom. The summed E-state index contributed by atoms with van der Waals surface area (Å²) in [4.78, 5) is 0. The zero-order chi connectivity index (χ0) is 15.5. The molecule has 1 unspecified atom stereocenters. The number of ether oxygens (including phenoxy) is 3. The highest BCUT2D eigenvalue weighted by atomic mass is 16.7. The minimum atomic E-state index is -0.259. The first-order chi connectivity index (χ1) is 10.7. The second-order valence-corrected chi connectivity index (χ2v) is 5.31. The van der Waals surface area contributed by atoms with Crippen molar-refractivity contribution in [3.8, 4) is 23.3 Å². The molecule has 0 radical (unpaired) electrons. The smallest absolute Gasteiger partial charge is 0.231 e. The van der Waals surface area contributed by atoms with Crippen LogP contribution in [0.2, 0.25) is 0 Å². The summed E-state index contributed by atoms with van der Waals surface area (Å²) in [6, 6.07) is 14.1. The molecule has 4 heteroatoms. The number of hydrogen-bond donors (Lipinski definition) is 0. The highest BCUT2D eigenvalue weighted by Gasteiger charge is 2.19. The van der Waals surface area contributed by atoms with Gasteiger partial charge in [-0.1, -0.05) is 23.8 Å². The van der Waals surface area contributed by atoms with Crippen molar-refractivity contribution in [1.29, 1.82) is 5.26 Å². The molecule has 0 saturated carbocycles. The monoisotopic (exact) mass is 295 g/mol. The molecule has 1 aliphatic heterocycles. The number of benzene rings is 2. The second kappa shape index (κ2) is 5.98. The molecule has 0 bridgehead atoms. The Morgan fingerprint density at radius 2 is 2.00 bits per heavy atom. The van der Waals surface area contributed by atoms with Crippen molar-refractivity contribution in [3.05, 3.63) is 53.1 Å². The zero-order valence-electron chi connectivity index (χ0n) is 12.6. The Balaban J connectivity index is 1.89. The van der Waals surface area contributed by atoms with Crippen LogP contribution in [-0.4, -0.2) is 13.9 Å². The van der Waals surface area contributed by atoms with E-state index < -0.39 is 0 Å². The maximum atomic E-state index is 9.56. The van der Waals surface area contributed by atoms with Crippen LogP contribution in [0.15, 0.2) is 36.4 Å². The molecule has 3 rings (SSSR count). The van der Waals surface area contributed by atoms with E-state index in [1.165, 1.54) is 0 Å². The molecular weight excluding hydrogens is 278 g/mol. The highest BCUT2D eigenvalue weighted by Crippen LogP contribution is 2.36. The number of rotatable bonds is 4. The summed E-state index contributed by atoms with van der Waals surface area (Å²) in [5.41, 5.74) is 3.11. The van der Waals surface area contributed by atoms with Crippen molar-refractivity contribution in [2.75, 3.05) is 13.9 Å². The first-order valence-corrected chi connectivity index (χ1v) is 7.14. The molecule has 1 atom stereocenters. The first kappa shape index (κ1) is 14.3. The Bertz CT molecular complexity index is 734. The Labute approximate surface area is 129 Å². The highest BCUT2D eigenvalue weighted by molar-refractivity contribution is 5.47. The van der Waals surface area contributed by atoms with E-state index in [9.17, 15) is 5.26 Å². The normalized spacial score (nSPS) is 13.5. The van der Waals surface area contributed by atoms with E-state index in [1.54, 1.807) is 7.11 Å². The minimum Gasteiger partial charge on any atom is -0.496 e. The maximum absolute atomic E-state index is 9.56. The summed E-state index contributed by atoms with van der Waals surface area (Å²) >= 11 is 0. The molecule has 0 fully saturated rings. The Hall–Kier alpha value is -2.67. The molecule has 0 aromatic heterocycles. The van der Waals surface area contributed by atoms with Crippen LogP contribution >= 0.6 is 0 Å². The van der Waals surface area contributed by atoms with Gasteiger partial charge in [0.1, 0.15) is 5.75 Å². The van der Waals surface area contributed by atoms with Crippen LogP contribution in [0.1, 0.15) is 22.6 Å². The third-order valence-electron chi connectivity index (χ3n) is 3.81. The molecule has 4 nitrogen and oxygen atoms in total. The van der Waals surface area contributed by atoms with Crippen LogP contribution in [-0.2, 0) is 6.42 Å². The van der Waals surface area contributed by atoms with Gasteiger partial charge in [-0.3, -0.25) is 0 Å². The van der Waals surface area contributed by atoms with E-state index in [0.717, 1.165) is 28.2 Å². The summed E-state index contributed by atoms with van der Waals surface area (Å²) in [7, 11) is 1.65. The van der Waals surface area contributed by atoms with Crippen molar-refractivity contribution in [2.45, 2.75) is 19.3 Å². The fraction of sp³-hybridized carbons (Fsp3) is 0.278. The van der Waals surface area contributed by atoms with E-state index >= 15 is 0 Å².